The first kappa shape index (κ1) is 13.2. The van der Waals surface area contributed by atoms with Crippen LogP contribution in [0, 0.1) is 0 Å². The monoisotopic (exact) mass is 250 g/mol. The summed E-state index contributed by atoms with van der Waals surface area (Å²) in [6, 6.07) is 5.38. The zero-order valence-corrected chi connectivity index (χ0v) is 11.1. The fourth-order valence-electron chi connectivity index (χ4n) is 2.55. The van der Waals surface area contributed by atoms with Crippen molar-refractivity contribution in [1.29, 1.82) is 0 Å². The van der Waals surface area contributed by atoms with E-state index in [1.165, 1.54) is 0 Å². The standard InChI is InChI=1S/C14H22N2O2/c1-10(15)12-5-4-11(8-13(12)17)16-7-3-6-14(2,18)9-16/h4-5,8,10,17-18H,3,6-7,9,15H2,1-2H3. The van der Waals surface area contributed by atoms with Crippen LogP contribution in [0.5, 0.6) is 5.75 Å². The maximum atomic E-state index is 10.1. The highest BCUT2D eigenvalue weighted by atomic mass is 16.3. The van der Waals surface area contributed by atoms with Gasteiger partial charge in [0.15, 0.2) is 0 Å². The quantitative estimate of drug-likeness (QED) is 0.748. The summed E-state index contributed by atoms with van der Waals surface area (Å²) in [6.07, 6.45) is 1.79. The fourth-order valence-corrected chi connectivity index (χ4v) is 2.55. The number of aliphatic hydroxyl groups is 1. The van der Waals surface area contributed by atoms with E-state index in [4.69, 9.17) is 5.73 Å². The molecule has 1 aliphatic rings. The van der Waals surface area contributed by atoms with Gasteiger partial charge in [-0.1, -0.05) is 6.07 Å². The molecule has 4 heteroatoms. The Morgan fingerprint density at radius 1 is 1.44 bits per heavy atom. The third kappa shape index (κ3) is 2.76. The van der Waals surface area contributed by atoms with E-state index in [1.807, 2.05) is 26.0 Å². The molecule has 1 aromatic carbocycles. The molecule has 1 saturated heterocycles. The Balaban J connectivity index is 2.21. The van der Waals surface area contributed by atoms with Crippen molar-refractivity contribution in [2.24, 2.45) is 5.73 Å². The summed E-state index contributed by atoms with van der Waals surface area (Å²) in [5.74, 6) is 0.229. The fraction of sp³-hybridized carbons (Fsp3) is 0.571. The Morgan fingerprint density at radius 3 is 2.72 bits per heavy atom. The normalized spacial score (nSPS) is 26.1. The highest BCUT2D eigenvalue weighted by Crippen LogP contribution is 2.31. The Bertz CT molecular complexity index is 430. The van der Waals surface area contributed by atoms with E-state index in [-0.39, 0.29) is 11.8 Å². The first-order chi connectivity index (χ1) is 8.39. The second-order valence-corrected chi connectivity index (χ2v) is 5.55. The number of benzene rings is 1. The van der Waals surface area contributed by atoms with Crippen LogP contribution in [-0.4, -0.2) is 28.9 Å². The molecule has 4 nitrogen and oxygen atoms in total. The molecule has 2 atom stereocenters. The van der Waals surface area contributed by atoms with Gasteiger partial charge in [-0.05, 0) is 32.8 Å². The lowest BCUT2D eigenvalue weighted by atomic mass is 9.94. The van der Waals surface area contributed by atoms with Crippen LogP contribution < -0.4 is 10.6 Å². The molecule has 18 heavy (non-hydrogen) atoms. The third-order valence-corrected chi connectivity index (χ3v) is 3.54. The van der Waals surface area contributed by atoms with Crippen molar-refractivity contribution in [3.05, 3.63) is 23.8 Å². The van der Waals surface area contributed by atoms with E-state index in [0.29, 0.717) is 6.54 Å². The van der Waals surface area contributed by atoms with E-state index in [9.17, 15) is 10.2 Å². The van der Waals surface area contributed by atoms with Gasteiger partial charge in [-0.15, -0.1) is 0 Å². The number of phenolic OH excluding ortho intramolecular Hbond substituents is 1. The minimum Gasteiger partial charge on any atom is -0.508 e. The van der Waals surface area contributed by atoms with Gasteiger partial charge in [-0.3, -0.25) is 0 Å². The first-order valence-corrected chi connectivity index (χ1v) is 6.45. The van der Waals surface area contributed by atoms with E-state index < -0.39 is 5.60 Å². The van der Waals surface area contributed by atoms with Crippen LogP contribution in [0.3, 0.4) is 0 Å². The summed E-state index contributed by atoms with van der Waals surface area (Å²) in [5, 5.41) is 20.0. The number of anilines is 1. The number of rotatable bonds is 2. The molecule has 100 valence electrons. The zero-order valence-electron chi connectivity index (χ0n) is 11.1. The van der Waals surface area contributed by atoms with Crippen LogP contribution in [-0.2, 0) is 0 Å². The molecule has 0 amide bonds. The second kappa shape index (κ2) is 4.78. The van der Waals surface area contributed by atoms with E-state index >= 15 is 0 Å². The number of piperidine rings is 1. The summed E-state index contributed by atoms with van der Waals surface area (Å²) < 4.78 is 0. The molecule has 0 aromatic heterocycles. The Morgan fingerprint density at radius 2 is 2.17 bits per heavy atom. The number of aromatic hydroxyl groups is 1. The lowest BCUT2D eigenvalue weighted by Crippen LogP contribution is -2.46. The summed E-state index contributed by atoms with van der Waals surface area (Å²) >= 11 is 0. The Kier molecular flexibility index (Phi) is 3.50. The highest BCUT2D eigenvalue weighted by Gasteiger charge is 2.28. The van der Waals surface area contributed by atoms with Gasteiger partial charge in [-0.2, -0.15) is 0 Å². The molecule has 2 rings (SSSR count). The van der Waals surface area contributed by atoms with Crippen LogP contribution in [0.15, 0.2) is 18.2 Å². The molecule has 1 fully saturated rings. The van der Waals surface area contributed by atoms with Gasteiger partial charge in [-0.25, -0.2) is 0 Å². The maximum Gasteiger partial charge on any atom is 0.122 e. The van der Waals surface area contributed by atoms with Gasteiger partial charge in [0.25, 0.3) is 0 Å². The molecular formula is C14H22N2O2. The van der Waals surface area contributed by atoms with Gasteiger partial charge < -0.3 is 20.8 Å². The second-order valence-electron chi connectivity index (χ2n) is 5.55. The molecule has 1 heterocycles. The van der Waals surface area contributed by atoms with Gasteiger partial charge in [0.2, 0.25) is 0 Å². The molecule has 0 saturated carbocycles. The third-order valence-electron chi connectivity index (χ3n) is 3.54. The van der Waals surface area contributed by atoms with Crippen molar-refractivity contribution in [1.82, 2.24) is 0 Å². The molecule has 4 N–H and O–H groups in total. The predicted octanol–water partition coefficient (Wildman–Crippen LogP) is 1.76. The zero-order chi connectivity index (χ0) is 13.3. The summed E-state index contributed by atoms with van der Waals surface area (Å²) in [6.45, 7) is 5.22. The first-order valence-electron chi connectivity index (χ1n) is 6.45. The van der Waals surface area contributed by atoms with Crippen molar-refractivity contribution in [3.8, 4) is 5.75 Å². The summed E-state index contributed by atoms with van der Waals surface area (Å²) in [7, 11) is 0. The van der Waals surface area contributed by atoms with E-state index in [0.717, 1.165) is 30.6 Å². The minimum absolute atomic E-state index is 0.177. The predicted molar refractivity (Wildman–Crippen MR) is 72.8 cm³/mol. The lowest BCUT2D eigenvalue weighted by molar-refractivity contribution is 0.0449. The Hall–Kier alpha value is -1.26. The number of nitrogens with two attached hydrogens (primary N) is 1. The van der Waals surface area contributed by atoms with Crippen molar-refractivity contribution in [2.45, 2.75) is 38.3 Å². The van der Waals surface area contributed by atoms with Crippen LogP contribution >= 0.6 is 0 Å². The average molecular weight is 250 g/mol. The van der Waals surface area contributed by atoms with Crippen molar-refractivity contribution >= 4 is 5.69 Å². The van der Waals surface area contributed by atoms with Crippen LogP contribution in [0.4, 0.5) is 5.69 Å². The van der Waals surface area contributed by atoms with Crippen LogP contribution in [0.25, 0.3) is 0 Å². The number of β-amino-alcohol motifs (C(OH)–C–C–N with tert-alkyl or cyclic N) is 1. The number of phenols is 1. The van der Waals surface area contributed by atoms with E-state index in [1.54, 1.807) is 6.07 Å². The largest absolute Gasteiger partial charge is 0.508 e. The van der Waals surface area contributed by atoms with Crippen LogP contribution in [0.2, 0.25) is 0 Å². The van der Waals surface area contributed by atoms with E-state index in [2.05, 4.69) is 4.90 Å². The van der Waals surface area contributed by atoms with Gasteiger partial charge in [0, 0.05) is 36.4 Å². The molecule has 0 aliphatic carbocycles. The summed E-state index contributed by atoms with van der Waals surface area (Å²) in [4.78, 5) is 2.11. The average Bonchev–Trinajstić information content (AvgIpc) is 2.27. The van der Waals surface area contributed by atoms with Crippen molar-refractivity contribution in [3.63, 3.8) is 0 Å². The number of hydrogen-bond acceptors (Lipinski definition) is 4. The molecule has 0 bridgehead atoms. The smallest absolute Gasteiger partial charge is 0.122 e. The Labute approximate surface area is 108 Å². The van der Waals surface area contributed by atoms with Crippen molar-refractivity contribution in [2.75, 3.05) is 18.0 Å². The maximum absolute atomic E-state index is 10.1. The van der Waals surface area contributed by atoms with Gasteiger partial charge >= 0.3 is 0 Å². The highest BCUT2D eigenvalue weighted by molar-refractivity contribution is 5.54. The number of hydrogen-bond donors (Lipinski definition) is 3. The SMILES string of the molecule is CC(N)c1ccc(N2CCCC(C)(O)C2)cc1O. The molecule has 0 spiro atoms. The van der Waals surface area contributed by atoms with Gasteiger partial charge in [0.05, 0.1) is 5.60 Å². The topological polar surface area (TPSA) is 69.7 Å². The number of nitrogens with zero attached hydrogens (tertiary/aromatic N) is 1. The molecule has 2 unspecified atom stereocenters. The molecule has 1 aliphatic heterocycles. The lowest BCUT2D eigenvalue weighted by Gasteiger charge is -2.38. The molecule has 1 aromatic rings. The van der Waals surface area contributed by atoms with Crippen LogP contribution in [0.1, 0.15) is 38.3 Å². The van der Waals surface area contributed by atoms with Crippen molar-refractivity contribution < 1.29 is 10.2 Å². The van der Waals surface area contributed by atoms with Gasteiger partial charge in [0.1, 0.15) is 5.75 Å². The molecule has 0 radical (unpaired) electrons. The summed E-state index contributed by atoms with van der Waals surface area (Å²) in [5.41, 5.74) is 6.82. The minimum atomic E-state index is -0.645. The molecular weight excluding hydrogens is 228 g/mol.